The number of rotatable bonds is 6. The van der Waals surface area contributed by atoms with Crippen molar-refractivity contribution in [3.63, 3.8) is 0 Å². The summed E-state index contributed by atoms with van der Waals surface area (Å²) < 4.78 is 5.05. The van der Waals surface area contributed by atoms with Crippen LogP contribution in [0.4, 0.5) is 4.79 Å². The molecule has 2 atom stereocenters. The molecular weight excluding hydrogens is 338 g/mol. The molecule has 0 aromatic heterocycles. The number of nitrogens with one attached hydrogen (secondary N) is 1. The van der Waals surface area contributed by atoms with Gasteiger partial charge in [0.1, 0.15) is 11.7 Å². The maximum absolute atomic E-state index is 11.5. The molecule has 7 nitrogen and oxygen atoms in total. The van der Waals surface area contributed by atoms with Gasteiger partial charge in [-0.1, -0.05) is 17.7 Å². The van der Waals surface area contributed by atoms with Crippen LogP contribution in [-0.2, 0) is 4.74 Å². The summed E-state index contributed by atoms with van der Waals surface area (Å²) in [5, 5.41) is 31.5. The van der Waals surface area contributed by atoms with Gasteiger partial charge in [-0.25, -0.2) is 9.59 Å². The number of ether oxygens (including phenoxy) is 1. The summed E-state index contributed by atoms with van der Waals surface area (Å²) in [6.07, 6.45) is -3.04. The van der Waals surface area contributed by atoms with Crippen LogP contribution in [0.15, 0.2) is 18.2 Å². The Morgan fingerprint density at radius 2 is 1.92 bits per heavy atom. The maximum Gasteiger partial charge on any atom is 0.407 e. The smallest absolute Gasteiger partial charge is 0.407 e. The number of alkyl carbamates (subject to hydrolysis) is 1. The molecule has 0 aliphatic carbocycles. The van der Waals surface area contributed by atoms with E-state index in [1.165, 1.54) is 18.2 Å². The monoisotopic (exact) mass is 359 g/mol. The fourth-order valence-electron chi connectivity index (χ4n) is 1.90. The lowest BCUT2D eigenvalue weighted by Crippen LogP contribution is -2.34. The molecule has 0 bridgehead atoms. The van der Waals surface area contributed by atoms with E-state index in [-0.39, 0.29) is 29.1 Å². The van der Waals surface area contributed by atoms with E-state index in [0.29, 0.717) is 0 Å². The largest absolute Gasteiger partial charge is 0.478 e. The molecule has 0 spiro atoms. The van der Waals surface area contributed by atoms with Gasteiger partial charge in [0.05, 0.1) is 11.7 Å². The van der Waals surface area contributed by atoms with Gasteiger partial charge in [-0.2, -0.15) is 0 Å². The van der Waals surface area contributed by atoms with Gasteiger partial charge in [0.2, 0.25) is 0 Å². The van der Waals surface area contributed by atoms with Gasteiger partial charge in [-0.05, 0) is 39.3 Å². The van der Waals surface area contributed by atoms with Gasteiger partial charge in [0.15, 0.2) is 0 Å². The first kappa shape index (κ1) is 20.2. The number of hydrogen-bond donors (Lipinski definition) is 4. The Hall–Kier alpha value is -1.83. The van der Waals surface area contributed by atoms with Crippen LogP contribution in [0.1, 0.15) is 49.2 Å². The number of aliphatic hydroxyl groups is 2. The normalized spacial score (nSPS) is 13.9. The van der Waals surface area contributed by atoms with Crippen LogP contribution in [0.5, 0.6) is 0 Å². The molecule has 0 heterocycles. The Balaban J connectivity index is 2.57. The third kappa shape index (κ3) is 6.35. The zero-order chi connectivity index (χ0) is 18.5. The van der Waals surface area contributed by atoms with Crippen LogP contribution in [0.3, 0.4) is 0 Å². The minimum Gasteiger partial charge on any atom is -0.478 e. The van der Waals surface area contributed by atoms with E-state index in [4.69, 9.17) is 21.4 Å². The molecule has 1 aromatic rings. The number of halogens is 1. The highest BCUT2D eigenvalue weighted by Crippen LogP contribution is 2.27. The van der Waals surface area contributed by atoms with Crippen LogP contribution in [0.25, 0.3) is 0 Å². The average Bonchev–Trinajstić information content (AvgIpc) is 2.44. The molecule has 0 fully saturated rings. The summed E-state index contributed by atoms with van der Waals surface area (Å²) >= 11 is 5.95. The molecule has 8 heteroatoms. The highest BCUT2D eigenvalue weighted by atomic mass is 35.5. The van der Waals surface area contributed by atoms with Crippen molar-refractivity contribution in [3.05, 3.63) is 34.3 Å². The molecule has 0 radical (unpaired) electrons. The van der Waals surface area contributed by atoms with Crippen LogP contribution >= 0.6 is 11.6 Å². The number of amides is 1. The second-order valence-electron chi connectivity index (χ2n) is 6.27. The van der Waals surface area contributed by atoms with Crippen molar-refractivity contribution >= 4 is 23.7 Å². The van der Waals surface area contributed by atoms with E-state index in [9.17, 15) is 19.8 Å². The predicted octanol–water partition coefficient (Wildman–Crippen LogP) is 2.35. The predicted molar refractivity (Wildman–Crippen MR) is 88.2 cm³/mol. The van der Waals surface area contributed by atoms with Crippen molar-refractivity contribution < 1.29 is 29.6 Å². The summed E-state index contributed by atoms with van der Waals surface area (Å²) in [6, 6.07) is 3.84. The molecule has 0 saturated heterocycles. The number of carboxylic acid groups (broad SMARTS) is 1. The van der Waals surface area contributed by atoms with Crippen molar-refractivity contribution in [1.82, 2.24) is 5.32 Å². The summed E-state index contributed by atoms with van der Waals surface area (Å²) in [4.78, 5) is 22.3. The van der Waals surface area contributed by atoms with Crippen LogP contribution in [0.2, 0.25) is 5.02 Å². The van der Waals surface area contributed by atoms with E-state index in [1.54, 1.807) is 20.8 Å². The Morgan fingerprint density at radius 1 is 1.29 bits per heavy atom. The summed E-state index contributed by atoms with van der Waals surface area (Å²) in [5.74, 6) is -1.14. The first-order valence-electron chi connectivity index (χ1n) is 7.37. The number of carbonyl (C=O) groups excluding carboxylic acids is 1. The molecule has 24 heavy (non-hydrogen) atoms. The Morgan fingerprint density at radius 3 is 2.42 bits per heavy atom. The molecule has 0 saturated carbocycles. The van der Waals surface area contributed by atoms with Gasteiger partial charge < -0.3 is 25.4 Å². The highest BCUT2D eigenvalue weighted by Gasteiger charge is 2.22. The molecule has 134 valence electrons. The number of carboxylic acids is 1. The van der Waals surface area contributed by atoms with E-state index in [0.717, 1.165) is 0 Å². The highest BCUT2D eigenvalue weighted by molar-refractivity contribution is 6.31. The number of benzene rings is 1. The second-order valence-corrected chi connectivity index (χ2v) is 6.68. The van der Waals surface area contributed by atoms with Crippen LogP contribution in [-0.4, -0.2) is 45.6 Å². The fourth-order valence-corrected chi connectivity index (χ4v) is 2.19. The third-order valence-corrected chi connectivity index (χ3v) is 3.37. The molecule has 1 amide bonds. The number of hydrogen-bond acceptors (Lipinski definition) is 5. The Bertz CT molecular complexity index is 599. The minimum atomic E-state index is -1.30. The third-order valence-electron chi connectivity index (χ3n) is 3.04. The molecule has 0 aliphatic rings. The first-order valence-corrected chi connectivity index (χ1v) is 7.75. The molecule has 4 N–H and O–H groups in total. The summed E-state index contributed by atoms with van der Waals surface area (Å²) in [6.45, 7) is 5.29. The van der Waals surface area contributed by atoms with E-state index in [1.807, 2.05) is 0 Å². The molecular formula is C16H22ClNO6. The van der Waals surface area contributed by atoms with Crippen molar-refractivity contribution in [2.45, 2.75) is 45.0 Å². The average molecular weight is 360 g/mol. The maximum atomic E-state index is 11.5. The quantitative estimate of drug-likeness (QED) is 0.619. The lowest BCUT2D eigenvalue weighted by Gasteiger charge is -2.21. The van der Waals surface area contributed by atoms with E-state index in [2.05, 4.69) is 5.32 Å². The van der Waals surface area contributed by atoms with Crippen LogP contribution in [0, 0.1) is 0 Å². The molecule has 0 aliphatic heterocycles. The van der Waals surface area contributed by atoms with Crippen LogP contribution < -0.4 is 5.32 Å². The number of aliphatic hydroxyl groups excluding tert-OH is 2. The SMILES string of the molecule is CC(C)(C)OC(=O)NCCC(O)C(O)c1ccc(C(=O)O)cc1Cl. The van der Waals surface area contributed by atoms with E-state index >= 15 is 0 Å². The zero-order valence-corrected chi connectivity index (χ0v) is 14.5. The second kappa shape index (κ2) is 8.32. The summed E-state index contributed by atoms with van der Waals surface area (Å²) in [7, 11) is 0. The first-order chi connectivity index (χ1) is 11.0. The lowest BCUT2D eigenvalue weighted by molar-refractivity contribution is 0.0123. The van der Waals surface area contributed by atoms with Gasteiger partial charge in [-0.3, -0.25) is 0 Å². The van der Waals surface area contributed by atoms with E-state index < -0.39 is 29.9 Å². The van der Waals surface area contributed by atoms with Gasteiger partial charge >= 0.3 is 12.1 Å². The number of carbonyl (C=O) groups is 2. The zero-order valence-electron chi connectivity index (χ0n) is 13.7. The van der Waals surface area contributed by atoms with Gasteiger partial charge in [0, 0.05) is 17.1 Å². The molecule has 1 rings (SSSR count). The number of aromatic carboxylic acids is 1. The summed E-state index contributed by atoms with van der Waals surface area (Å²) in [5.41, 5.74) is -0.426. The van der Waals surface area contributed by atoms with Crippen molar-refractivity contribution in [1.29, 1.82) is 0 Å². The van der Waals surface area contributed by atoms with Crippen molar-refractivity contribution in [2.24, 2.45) is 0 Å². The Labute approximate surface area is 145 Å². The lowest BCUT2D eigenvalue weighted by atomic mass is 10.0. The Kier molecular flexibility index (Phi) is 7.01. The standard InChI is InChI=1S/C16H22ClNO6/c1-16(2,3)24-15(23)18-7-6-12(19)13(20)10-5-4-9(14(21)22)8-11(10)17/h4-5,8,12-13,19-20H,6-7H2,1-3H3,(H,18,23)(H,21,22). The minimum absolute atomic E-state index is 0.0166. The van der Waals surface area contributed by atoms with Gasteiger partial charge in [-0.15, -0.1) is 0 Å². The van der Waals surface area contributed by atoms with Crippen molar-refractivity contribution in [3.8, 4) is 0 Å². The molecule has 2 unspecified atom stereocenters. The van der Waals surface area contributed by atoms with Gasteiger partial charge in [0.25, 0.3) is 0 Å². The fraction of sp³-hybridized carbons (Fsp3) is 0.500. The topological polar surface area (TPSA) is 116 Å². The van der Waals surface area contributed by atoms with Crippen molar-refractivity contribution in [2.75, 3.05) is 6.54 Å². The molecule has 1 aromatic carbocycles.